The van der Waals surface area contributed by atoms with Gasteiger partial charge in [-0.25, -0.2) is 22.8 Å². The Hall–Kier alpha value is -2.24. The molecular formula is C14H15N5O2S. The van der Waals surface area contributed by atoms with Crippen molar-refractivity contribution in [2.45, 2.75) is 37.2 Å². The normalized spacial score (nSPS) is 17.7. The first-order valence-corrected chi connectivity index (χ1v) is 8.40. The van der Waals surface area contributed by atoms with Crippen LogP contribution in [0.25, 0.3) is 0 Å². The molecule has 1 aliphatic rings. The molecule has 114 valence electrons. The van der Waals surface area contributed by atoms with Gasteiger partial charge in [0.05, 0.1) is 22.6 Å². The minimum atomic E-state index is -3.73. The molecule has 0 saturated heterocycles. The fraction of sp³-hybridized carbons (Fsp3) is 0.357. The lowest BCUT2D eigenvalue weighted by molar-refractivity contribution is 0.400. The summed E-state index contributed by atoms with van der Waals surface area (Å²) < 4.78 is 29.7. The highest BCUT2D eigenvalue weighted by Crippen LogP contribution is 2.25. The van der Waals surface area contributed by atoms with Crippen LogP contribution in [0.3, 0.4) is 0 Å². The van der Waals surface area contributed by atoms with Crippen molar-refractivity contribution in [3.8, 4) is 6.07 Å². The molecule has 0 radical (unpaired) electrons. The molecule has 0 amide bonds. The van der Waals surface area contributed by atoms with Crippen molar-refractivity contribution >= 4 is 10.0 Å². The molecule has 0 fully saturated rings. The topological polar surface area (TPSA) is 101 Å². The Morgan fingerprint density at radius 3 is 3.05 bits per heavy atom. The minimum Gasteiger partial charge on any atom is -0.248 e. The van der Waals surface area contributed by atoms with E-state index in [4.69, 9.17) is 5.26 Å². The summed E-state index contributed by atoms with van der Waals surface area (Å²) in [6, 6.07) is 6.20. The number of fused-ring (bicyclic) bond motifs is 1. The van der Waals surface area contributed by atoms with Crippen molar-refractivity contribution in [3.05, 3.63) is 41.5 Å². The van der Waals surface area contributed by atoms with Crippen LogP contribution in [0, 0.1) is 18.3 Å². The number of hydrogen-bond acceptors (Lipinski definition) is 5. The van der Waals surface area contributed by atoms with Crippen LogP contribution in [0.1, 0.15) is 35.8 Å². The smallest absolute Gasteiger partial charge is 0.241 e. The fourth-order valence-corrected chi connectivity index (χ4v) is 4.11. The van der Waals surface area contributed by atoms with Gasteiger partial charge in [-0.2, -0.15) is 10.4 Å². The number of aryl methyl sites for hydroxylation is 2. The van der Waals surface area contributed by atoms with Crippen molar-refractivity contribution in [2.24, 2.45) is 0 Å². The summed E-state index contributed by atoms with van der Waals surface area (Å²) in [6.45, 7) is 2.45. The maximum atomic E-state index is 12.6. The molecule has 0 spiro atoms. The zero-order valence-corrected chi connectivity index (χ0v) is 12.8. The largest absolute Gasteiger partial charge is 0.248 e. The quantitative estimate of drug-likeness (QED) is 0.918. The summed E-state index contributed by atoms with van der Waals surface area (Å²) >= 11 is 0. The molecule has 3 rings (SSSR count). The van der Waals surface area contributed by atoms with E-state index in [1.807, 2.05) is 6.07 Å². The monoisotopic (exact) mass is 317 g/mol. The van der Waals surface area contributed by atoms with Gasteiger partial charge in [-0.3, -0.25) is 0 Å². The number of nitriles is 1. The van der Waals surface area contributed by atoms with Crippen molar-refractivity contribution in [1.29, 1.82) is 5.26 Å². The summed E-state index contributed by atoms with van der Waals surface area (Å²) in [6.07, 6.45) is 2.94. The molecule has 1 atom stereocenters. The Bertz CT molecular complexity index is 850. The maximum absolute atomic E-state index is 12.6. The Labute approximate surface area is 128 Å². The highest BCUT2D eigenvalue weighted by Gasteiger charge is 2.28. The van der Waals surface area contributed by atoms with Gasteiger partial charge >= 0.3 is 0 Å². The third kappa shape index (κ3) is 2.61. The summed E-state index contributed by atoms with van der Waals surface area (Å²) in [4.78, 5) is 4.27. The molecule has 0 saturated carbocycles. The maximum Gasteiger partial charge on any atom is 0.241 e. The molecule has 2 aromatic rings. The molecular weight excluding hydrogens is 302 g/mol. The Morgan fingerprint density at radius 2 is 2.27 bits per heavy atom. The second kappa shape index (κ2) is 5.51. The molecule has 7 nitrogen and oxygen atoms in total. The third-order valence-corrected chi connectivity index (χ3v) is 5.34. The molecule has 2 heterocycles. The van der Waals surface area contributed by atoms with E-state index in [9.17, 15) is 8.42 Å². The van der Waals surface area contributed by atoms with Crippen LogP contribution in [0.15, 0.2) is 29.4 Å². The van der Waals surface area contributed by atoms with Crippen LogP contribution < -0.4 is 4.72 Å². The van der Waals surface area contributed by atoms with Crippen molar-refractivity contribution < 1.29 is 8.42 Å². The molecule has 0 unspecified atom stereocenters. The van der Waals surface area contributed by atoms with E-state index in [1.165, 1.54) is 12.4 Å². The highest BCUT2D eigenvalue weighted by molar-refractivity contribution is 7.89. The molecule has 22 heavy (non-hydrogen) atoms. The van der Waals surface area contributed by atoms with Crippen LogP contribution in [0.2, 0.25) is 0 Å². The van der Waals surface area contributed by atoms with E-state index in [0.29, 0.717) is 23.4 Å². The van der Waals surface area contributed by atoms with E-state index in [1.54, 1.807) is 23.7 Å². The molecule has 1 N–H and O–H groups in total. The lowest BCUT2D eigenvalue weighted by Gasteiger charge is -2.23. The van der Waals surface area contributed by atoms with Gasteiger partial charge in [-0.15, -0.1) is 0 Å². The van der Waals surface area contributed by atoms with Gasteiger partial charge in [0.25, 0.3) is 0 Å². The third-order valence-electron chi connectivity index (χ3n) is 3.72. The number of hydrogen-bond donors (Lipinski definition) is 1. The molecule has 0 aliphatic carbocycles. The van der Waals surface area contributed by atoms with Gasteiger partial charge in [0.2, 0.25) is 10.0 Å². The lowest BCUT2D eigenvalue weighted by atomic mass is 10.1. The average molecular weight is 317 g/mol. The van der Waals surface area contributed by atoms with E-state index < -0.39 is 16.1 Å². The van der Waals surface area contributed by atoms with Gasteiger partial charge in [-0.1, -0.05) is 6.07 Å². The number of nitrogens with zero attached hydrogens (tertiary/aromatic N) is 4. The number of aromatic nitrogens is 3. The summed E-state index contributed by atoms with van der Waals surface area (Å²) in [5.41, 5.74) is 0.918. The molecule has 0 bridgehead atoms. The van der Waals surface area contributed by atoms with E-state index in [2.05, 4.69) is 14.8 Å². The zero-order valence-electron chi connectivity index (χ0n) is 12.0. The Balaban J connectivity index is 1.95. The number of nitrogens with one attached hydrogen (secondary N) is 1. The average Bonchev–Trinajstić information content (AvgIpc) is 2.97. The lowest BCUT2D eigenvalue weighted by Crippen LogP contribution is -2.33. The first-order chi connectivity index (χ1) is 10.5. The van der Waals surface area contributed by atoms with E-state index in [0.717, 1.165) is 13.0 Å². The Morgan fingerprint density at radius 1 is 1.45 bits per heavy atom. The second-order valence-electron chi connectivity index (χ2n) is 5.25. The van der Waals surface area contributed by atoms with Crippen LogP contribution in [0.5, 0.6) is 0 Å². The first kappa shape index (κ1) is 14.7. The molecule has 1 aromatic carbocycles. The van der Waals surface area contributed by atoms with Crippen molar-refractivity contribution in [1.82, 2.24) is 19.5 Å². The van der Waals surface area contributed by atoms with Crippen LogP contribution in [-0.4, -0.2) is 23.2 Å². The van der Waals surface area contributed by atoms with E-state index >= 15 is 0 Å². The standard InChI is InChI=1S/C14H15N5O2S/c1-10-4-5-11(8-15)7-13(10)22(20,21)18-12-3-2-6-19-14(12)16-9-17-19/h4-5,7,9,12,18H,2-3,6H2,1H3/t12-/m0/s1. The summed E-state index contributed by atoms with van der Waals surface area (Å²) in [5.74, 6) is 0.629. The Kier molecular flexibility index (Phi) is 3.68. The molecule has 8 heteroatoms. The van der Waals surface area contributed by atoms with Crippen LogP contribution in [-0.2, 0) is 16.6 Å². The molecule has 1 aliphatic heterocycles. The van der Waals surface area contributed by atoms with Crippen LogP contribution >= 0.6 is 0 Å². The van der Waals surface area contributed by atoms with Crippen molar-refractivity contribution in [3.63, 3.8) is 0 Å². The summed E-state index contributed by atoms with van der Waals surface area (Å²) in [5, 5.41) is 13.0. The van der Waals surface area contributed by atoms with Crippen molar-refractivity contribution in [2.75, 3.05) is 0 Å². The summed E-state index contributed by atoms with van der Waals surface area (Å²) in [7, 11) is -3.73. The number of benzene rings is 1. The first-order valence-electron chi connectivity index (χ1n) is 6.92. The number of rotatable bonds is 3. The highest BCUT2D eigenvalue weighted by atomic mass is 32.2. The fourth-order valence-electron chi connectivity index (χ4n) is 2.61. The van der Waals surface area contributed by atoms with Crippen LogP contribution in [0.4, 0.5) is 0 Å². The van der Waals surface area contributed by atoms with Gasteiger partial charge in [0.15, 0.2) is 0 Å². The zero-order chi connectivity index (χ0) is 15.7. The second-order valence-corrected chi connectivity index (χ2v) is 6.93. The van der Waals surface area contributed by atoms with Gasteiger partial charge < -0.3 is 0 Å². The molecule has 1 aromatic heterocycles. The van der Waals surface area contributed by atoms with E-state index in [-0.39, 0.29) is 4.90 Å². The minimum absolute atomic E-state index is 0.128. The SMILES string of the molecule is Cc1ccc(C#N)cc1S(=O)(=O)N[C@H]1CCCn2ncnc21. The van der Waals surface area contributed by atoms with Gasteiger partial charge in [0, 0.05) is 6.54 Å². The van der Waals surface area contributed by atoms with Gasteiger partial charge in [-0.05, 0) is 37.5 Å². The van der Waals surface area contributed by atoms with Gasteiger partial charge in [0.1, 0.15) is 12.2 Å². The number of sulfonamides is 1. The predicted molar refractivity (Wildman–Crippen MR) is 78.2 cm³/mol. The predicted octanol–water partition coefficient (Wildman–Crippen LogP) is 1.27.